The Hall–Kier alpha value is -15.2. The van der Waals surface area contributed by atoms with Gasteiger partial charge in [-0.2, -0.15) is 4.98 Å². The van der Waals surface area contributed by atoms with Gasteiger partial charge < -0.3 is 18.1 Å². The van der Waals surface area contributed by atoms with Crippen molar-refractivity contribution in [1.82, 2.24) is 43.2 Å². The molecule has 0 bridgehead atoms. The zero-order valence-electron chi connectivity index (χ0n) is 61.1. The number of rotatable bonds is 8. The van der Waals surface area contributed by atoms with E-state index < -0.39 is 0 Å². The molecule has 0 aliphatic carbocycles. The number of para-hydroxylation sites is 7. The fraction of sp³-hybridized carbons (Fsp3) is 0. The second-order valence-electron chi connectivity index (χ2n) is 29.4. The SMILES string of the molecule is c1ccc(-n2c3ccccc3c3cc(-c4nc(-c5ccc(-n6c7ccccc7c7cc8ccccc8cc76)nc5)nc5oc6ccccc6c45)ccc32)cc1.c1ccc(-n2c3ccccc3c3cc(-c4nc(-c5cccc6cc(-n7c8ccccc8c8cc9ccccc9cc87)ccc56)nc5sc6ccccc6c45)ccc32)cc1. The first kappa shape index (κ1) is 63.7. The minimum atomic E-state index is 0.548. The van der Waals surface area contributed by atoms with E-state index in [2.05, 4.69) is 364 Å². The molecule has 0 unspecified atom stereocenters. The van der Waals surface area contributed by atoms with Crippen molar-refractivity contribution >= 4 is 173 Å². The van der Waals surface area contributed by atoms with Crippen LogP contribution in [0.2, 0.25) is 0 Å². The molecule has 0 N–H and O–H groups in total. The molecule has 0 saturated heterocycles. The van der Waals surface area contributed by atoms with Crippen molar-refractivity contribution in [2.45, 2.75) is 0 Å². The van der Waals surface area contributed by atoms with Crippen LogP contribution in [0.15, 0.2) is 375 Å². The Balaban J connectivity index is 0.000000132. The van der Waals surface area contributed by atoms with Gasteiger partial charge in [-0.25, -0.2) is 19.9 Å². The summed E-state index contributed by atoms with van der Waals surface area (Å²) in [5.41, 5.74) is 19.7. The maximum absolute atomic E-state index is 6.43. The minimum absolute atomic E-state index is 0.548. The molecule has 0 fully saturated rings. The Morgan fingerprint density at radius 3 is 1.30 bits per heavy atom. The molecule has 0 amide bonds. The summed E-state index contributed by atoms with van der Waals surface area (Å²) < 4.78 is 17.0. The molecule has 530 valence electrons. The molecule has 11 heteroatoms. The molecule has 10 nitrogen and oxygen atoms in total. The average molecular weight is 1470 g/mol. The predicted octanol–water partition coefficient (Wildman–Crippen LogP) is 27.1. The van der Waals surface area contributed by atoms with E-state index in [1.165, 1.54) is 91.4 Å². The third-order valence-electron chi connectivity index (χ3n) is 23.1. The third kappa shape index (κ3) is 9.89. The lowest BCUT2D eigenvalue weighted by atomic mass is 10.0. The molecule has 0 spiro atoms. The molecule has 16 aromatic carbocycles. The molecule has 0 atom stereocenters. The fourth-order valence-corrected chi connectivity index (χ4v) is 19.0. The predicted molar refractivity (Wildman–Crippen MR) is 474 cm³/mol. The fourth-order valence-electron chi connectivity index (χ4n) is 18.0. The quantitative estimate of drug-likeness (QED) is 0.150. The van der Waals surface area contributed by atoms with Gasteiger partial charge in [-0.3, -0.25) is 4.57 Å². The summed E-state index contributed by atoms with van der Waals surface area (Å²) in [4.78, 5) is 27.3. The molecule has 25 rings (SSSR count). The highest BCUT2D eigenvalue weighted by molar-refractivity contribution is 7.25. The first-order chi connectivity index (χ1) is 56.5. The normalized spacial score (nSPS) is 12.0. The highest BCUT2D eigenvalue weighted by atomic mass is 32.1. The van der Waals surface area contributed by atoms with E-state index in [9.17, 15) is 0 Å². The van der Waals surface area contributed by atoms with E-state index in [4.69, 9.17) is 29.3 Å². The van der Waals surface area contributed by atoms with Crippen LogP contribution in [-0.2, 0) is 0 Å². The van der Waals surface area contributed by atoms with Crippen LogP contribution in [0.3, 0.4) is 0 Å². The number of nitrogens with zero attached hydrogens (tertiary/aromatic N) is 9. The van der Waals surface area contributed by atoms with E-state index in [0.29, 0.717) is 11.5 Å². The number of furan rings is 1. The maximum atomic E-state index is 6.43. The van der Waals surface area contributed by atoms with Crippen LogP contribution < -0.4 is 0 Å². The maximum Gasteiger partial charge on any atom is 0.231 e. The highest BCUT2D eigenvalue weighted by Crippen LogP contribution is 2.46. The molecule has 0 aliphatic rings. The summed E-state index contributed by atoms with van der Waals surface area (Å²) in [6, 6.07) is 130. The molecule has 0 radical (unpaired) electrons. The second-order valence-corrected chi connectivity index (χ2v) is 30.5. The van der Waals surface area contributed by atoms with E-state index >= 15 is 0 Å². The third-order valence-corrected chi connectivity index (χ3v) is 24.1. The number of fused-ring (bicyclic) bond motifs is 21. The summed E-state index contributed by atoms with van der Waals surface area (Å²) >= 11 is 1.74. The van der Waals surface area contributed by atoms with Crippen LogP contribution in [0.4, 0.5) is 0 Å². The summed E-state index contributed by atoms with van der Waals surface area (Å²) in [6.07, 6.45) is 1.88. The van der Waals surface area contributed by atoms with E-state index in [1.807, 2.05) is 24.4 Å². The van der Waals surface area contributed by atoms with Gasteiger partial charge in [0.05, 0.1) is 60.9 Å². The number of thiophene rings is 1. The van der Waals surface area contributed by atoms with Gasteiger partial charge in [0.25, 0.3) is 0 Å². The Kier molecular flexibility index (Phi) is 14.1. The van der Waals surface area contributed by atoms with Gasteiger partial charge in [0.2, 0.25) is 5.71 Å². The minimum Gasteiger partial charge on any atom is -0.438 e. The molecule has 25 aromatic rings. The lowest BCUT2D eigenvalue weighted by molar-refractivity contribution is 0.653. The molecular weight excluding hydrogens is 1410 g/mol. The van der Waals surface area contributed by atoms with E-state index in [0.717, 1.165) is 127 Å². The van der Waals surface area contributed by atoms with Crippen molar-refractivity contribution in [3.63, 3.8) is 0 Å². The first-order valence-corrected chi connectivity index (χ1v) is 39.2. The Bertz CT molecular complexity index is 8310. The van der Waals surface area contributed by atoms with Crippen LogP contribution in [0.5, 0.6) is 0 Å². The Labute approximate surface area is 654 Å². The number of hydrogen-bond acceptors (Lipinski definition) is 7. The molecule has 114 heavy (non-hydrogen) atoms. The summed E-state index contributed by atoms with van der Waals surface area (Å²) in [5.74, 6) is 2.11. The van der Waals surface area contributed by atoms with Crippen LogP contribution in [0.25, 0.3) is 230 Å². The smallest absolute Gasteiger partial charge is 0.231 e. The van der Waals surface area contributed by atoms with Gasteiger partial charge in [0.15, 0.2) is 11.6 Å². The second kappa shape index (κ2) is 25.2. The molecule has 0 aliphatic heterocycles. The summed E-state index contributed by atoms with van der Waals surface area (Å²) in [5, 5.41) is 21.0. The monoisotopic (exact) mass is 1470 g/mol. The zero-order valence-corrected chi connectivity index (χ0v) is 61.9. The number of pyridine rings is 1. The molecule has 9 heterocycles. The topological polar surface area (TPSA) is 97.3 Å². The number of aromatic nitrogens is 9. The number of benzene rings is 16. The lowest BCUT2D eigenvalue weighted by Crippen LogP contribution is -1.99. The standard InChI is InChI=1S/C54H32N4S.C49H29N5O/c1-2-16-37(17-3-1)57-46-22-9-6-18-40(46)44-31-36(25-28-48(44)57)52-51-43-20-8-11-24-50(43)59-54(51)56-53(55-52)42-21-12-15-35-29-38(26-27-39(35)42)58-47-23-10-7-19-41(47)45-30-33-13-4-5-14-34(33)32-49(45)58;1-2-14-34(15-3-1)53-40-19-9-6-16-35(40)38-27-32(22-24-42(38)53)47-46-37-18-8-11-21-44(37)55-49(46)52-48(51-47)33-23-25-45(50-29-33)54-41-20-10-7-17-36(41)39-26-30-12-4-5-13-31(30)28-43(39)54/h1-32H;1-29H. The Morgan fingerprint density at radius 2 is 0.711 bits per heavy atom. The van der Waals surface area contributed by atoms with Crippen molar-refractivity contribution in [1.29, 1.82) is 0 Å². The van der Waals surface area contributed by atoms with E-state index in [-0.39, 0.29) is 0 Å². The van der Waals surface area contributed by atoms with Crippen molar-refractivity contribution < 1.29 is 4.42 Å². The van der Waals surface area contributed by atoms with Gasteiger partial charge in [-0.1, -0.05) is 231 Å². The van der Waals surface area contributed by atoms with Crippen molar-refractivity contribution in [3.8, 4) is 68.2 Å². The van der Waals surface area contributed by atoms with Gasteiger partial charge in [0, 0.05) is 109 Å². The summed E-state index contributed by atoms with van der Waals surface area (Å²) in [6.45, 7) is 0. The van der Waals surface area contributed by atoms with Gasteiger partial charge >= 0.3 is 0 Å². The zero-order chi connectivity index (χ0) is 74.6. The van der Waals surface area contributed by atoms with Crippen LogP contribution in [0.1, 0.15) is 0 Å². The lowest BCUT2D eigenvalue weighted by Gasteiger charge is -2.13. The van der Waals surface area contributed by atoms with Crippen LogP contribution >= 0.6 is 11.3 Å². The molecule has 9 aromatic heterocycles. The molecular formula is C103H61N9OS. The van der Waals surface area contributed by atoms with E-state index in [1.54, 1.807) is 11.3 Å². The number of hydrogen-bond donors (Lipinski definition) is 0. The van der Waals surface area contributed by atoms with Crippen LogP contribution in [-0.4, -0.2) is 43.2 Å². The van der Waals surface area contributed by atoms with Gasteiger partial charge in [0.1, 0.15) is 16.2 Å². The largest absolute Gasteiger partial charge is 0.438 e. The average Bonchev–Trinajstić information content (AvgIpc) is 1.57. The first-order valence-electron chi connectivity index (χ1n) is 38.4. The van der Waals surface area contributed by atoms with Crippen molar-refractivity contribution in [2.75, 3.05) is 0 Å². The molecule has 0 saturated carbocycles. The Morgan fingerprint density at radius 1 is 0.254 bits per heavy atom. The van der Waals surface area contributed by atoms with Crippen molar-refractivity contribution in [2.24, 2.45) is 0 Å². The summed E-state index contributed by atoms with van der Waals surface area (Å²) in [7, 11) is 0. The van der Waals surface area contributed by atoms with Crippen molar-refractivity contribution in [3.05, 3.63) is 370 Å². The van der Waals surface area contributed by atoms with Gasteiger partial charge in [-0.05, 0) is 166 Å². The van der Waals surface area contributed by atoms with Crippen LogP contribution in [0, 0.1) is 0 Å². The van der Waals surface area contributed by atoms with Gasteiger partial charge in [-0.15, -0.1) is 11.3 Å². The highest BCUT2D eigenvalue weighted by Gasteiger charge is 2.25.